The van der Waals surface area contributed by atoms with Crippen LogP contribution in [0.2, 0.25) is 0 Å². The van der Waals surface area contributed by atoms with Gasteiger partial charge in [-0.25, -0.2) is 0 Å². The molecule has 2 nitrogen and oxygen atoms in total. The van der Waals surface area contributed by atoms with Crippen molar-refractivity contribution in [2.75, 3.05) is 4.90 Å². The first-order chi connectivity index (χ1) is 27.3. The zero-order valence-corrected chi connectivity index (χ0v) is 31.7. The van der Waals surface area contributed by atoms with Crippen molar-refractivity contribution in [3.8, 4) is 44.5 Å². The predicted octanol–water partition coefficient (Wildman–Crippen LogP) is 15.6. The molecule has 0 saturated carbocycles. The predicted molar refractivity (Wildman–Crippen MR) is 237 cm³/mol. The maximum Gasteiger partial charge on any atom is 0.137 e. The molecule has 0 saturated heterocycles. The molecular formula is C54H39NO. The van der Waals surface area contributed by atoms with Crippen LogP contribution in [0.1, 0.15) is 26.3 Å². The second-order valence-corrected chi connectivity index (χ2v) is 16.2. The van der Waals surface area contributed by atoms with E-state index < -0.39 is 0 Å². The van der Waals surface area contributed by atoms with Crippen molar-refractivity contribution >= 4 is 60.5 Å². The van der Waals surface area contributed by atoms with E-state index in [-0.39, 0.29) is 5.41 Å². The van der Waals surface area contributed by atoms with Gasteiger partial charge in [-0.1, -0.05) is 124 Å². The van der Waals surface area contributed by atoms with Crippen molar-refractivity contribution in [3.63, 3.8) is 0 Å². The third kappa shape index (κ3) is 5.33. The molecule has 0 unspecified atom stereocenters. The van der Waals surface area contributed by atoms with Crippen LogP contribution in [0.4, 0.5) is 17.1 Å². The molecule has 0 N–H and O–H groups in total. The van der Waals surface area contributed by atoms with Gasteiger partial charge in [-0.15, -0.1) is 0 Å². The summed E-state index contributed by atoms with van der Waals surface area (Å²) < 4.78 is 6.40. The summed E-state index contributed by atoms with van der Waals surface area (Å²) >= 11 is 0. The molecule has 0 amide bonds. The van der Waals surface area contributed by atoms with Crippen LogP contribution in [-0.4, -0.2) is 0 Å². The first-order valence-corrected chi connectivity index (χ1v) is 19.5. The fourth-order valence-corrected chi connectivity index (χ4v) is 8.65. The summed E-state index contributed by atoms with van der Waals surface area (Å²) in [6.45, 7) is 6.80. The third-order valence-electron chi connectivity index (χ3n) is 11.7. The molecule has 266 valence electrons. The van der Waals surface area contributed by atoms with Gasteiger partial charge in [0, 0.05) is 33.9 Å². The number of rotatable bonds is 5. The van der Waals surface area contributed by atoms with Gasteiger partial charge in [0.2, 0.25) is 0 Å². The quantitative estimate of drug-likeness (QED) is 0.176. The lowest BCUT2D eigenvalue weighted by molar-refractivity contribution is 0.590. The summed E-state index contributed by atoms with van der Waals surface area (Å²) in [4.78, 5) is 2.36. The molecule has 1 aliphatic rings. The Hall–Kier alpha value is -6.90. The standard InChI is InChI=1S/C54H39NO/c1-54(2,3)42-21-18-35(19-22-42)37-16-17-38-29-48-49-30-39-20-23-44(28-41(39)32-51(49)50(48)31-40(38)26-37)55(43-13-9-12-36(27-43)34-10-5-4-6-11-34)45-24-25-47-46-14-7-8-15-52(46)56-53(47)33-45/h4-33H,1-3H3. The van der Waals surface area contributed by atoms with Crippen LogP contribution in [0.15, 0.2) is 186 Å². The van der Waals surface area contributed by atoms with Gasteiger partial charge in [0.15, 0.2) is 0 Å². The lowest BCUT2D eigenvalue weighted by Crippen LogP contribution is -2.10. The van der Waals surface area contributed by atoms with Gasteiger partial charge in [0.25, 0.3) is 0 Å². The highest BCUT2D eigenvalue weighted by Crippen LogP contribution is 2.51. The van der Waals surface area contributed by atoms with Crippen molar-refractivity contribution in [3.05, 3.63) is 188 Å². The summed E-state index contributed by atoms with van der Waals surface area (Å²) in [6.07, 6.45) is 0. The average Bonchev–Trinajstić information content (AvgIpc) is 3.60. The van der Waals surface area contributed by atoms with Crippen LogP contribution in [0.5, 0.6) is 0 Å². The molecule has 56 heavy (non-hydrogen) atoms. The summed E-state index contributed by atoms with van der Waals surface area (Å²) in [5, 5.41) is 7.25. The van der Waals surface area contributed by atoms with Crippen LogP contribution in [0.25, 0.3) is 88.0 Å². The highest BCUT2D eigenvalue weighted by Gasteiger charge is 2.25. The molecule has 2 heteroatoms. The summed E-state index contributed by atoms with van der Waals surface area (Å²) in [5.41, 5.74) is 16.7. The summed E-state index contributed by atoms with van der Waals surface area (Å²) in [5.74, 6) is 0. The Morgan fingerprint density at radius 2 is 0.893 bits per heavy atom. The number of nitrogens with zero attached hydrogens (tertiary/aromatic N) is 1. The van der Waals surface area contributed by atoms with Gasteiger partial charge >= 0.3 is 0 Å². The van der Waals surface area contributed by atoms with Crippen molar-refractivity contribution in [2.45, 2.75) is 26.2 Å². The minimum absolute atomic E-state index is 0.137. The molecule has 0 radical (unpaired) electrons. The van der Waals surface area contributed by atoms with E-state index in [2.05, 4.69) is 196 Å². The maximum absolute atomic E-state index is 6.40. The van der Waals surface area contributed by atoms with Crippen molar-refractivity contribution in [1.82, 2.24) is 0 Å². The largest absolute Gasteiger partial charge is 0.456 e. The molecule has 0 spiro atoms. The van der Waals surface area contributed by atoms with E-state index in [1.165, 1.54) is 71.6 Å². The number of hydrogen-bond donors (Lipinski definition) is 0. The van der Waals surface area contributed by atoms with Gasteiger partial charge in [0.05, 0.1) is 0 Å². The molecule has 1 aliphatic carbocycles. The van der Waals surface area contributed by atoms with Gasteiger partial charge in [-0.3, -0.25) is 0 Å². The SMILES string of the molecule is CC(C)(C)c1ccc(-c2ccc3cc4c(cc3c2)-c2cc3cc(N(c5cccc(-c6ccccc6)c5)c5ccc6c(c5)oc5ccccc56)ccc3cc2-4)cc1. The molecule has 1 heterocycles. The molecule has 0 fully saturated rings. The van der Waals surface area contributed by atoms with E-state index in [0.29, 0.717) is 0 Å². The Morgan fingerprint density at radius 3 is 1.64 bits per heavy atom. The minimum Gasteiger partial charge on any atom is -0.456 e. The normalized spacial score (nSPS) is 12.2. The van der Waals surface area contributed by atoms with E-state index in [1.54, 1.807) is 0 Å². The number of benzene rings is 9. The second-order valence-electron chi connectivity index (χ2n) is 16.2. The molecule has 0 aliphatic heterocycles. The maximum atomic E-state index is 6.40. The first-order valence-electron chi connectivity index (χ1n) is 19.5. The van der Waals surface area contributed by atoms with Gasteiger partial charge < -0.3 is 9.32 Å². The highest BCUT2D eigenvalue weighted by atomic mass is 16.3. The lowest BCUT2D eigenvalue weighted by atomic mass is 9.77. The molecule has 0 bridgehead atoms. The van der Waals surface area contributed by atoms with E-state index in [0.717, 1.165) is 39.0 Å². The zero-order chi connectivity index (χ0) is 37.5. The number of fused-ring (bicyclic) bond motifs is 9. The van der Waals surface area contributed by atoms with Crippen LogP contribution in [0, 0.1) is 0 Å². The molecule has 1 aromatic heterocycles. The van der Waals surface area contributed by atoms with Crippen molar-refractivity contribution in [2.24, 2.45) is 0 Å². The Morgan fingerprint density at radius 1 is 0.357 bits per heavy atom. The summed E-state index contributed by atoms with van der Waals surface area (Å²) in [7, 11) is 0. The molecular weight excluding hydrogens is 679 g/mol. The summed E-state index contributed by atoms with van der Waals surface area (Å²) in [6, 6.07) is 66.6. The first kappa shape index (κ1) is 32.5. The van der Waals surface area contributed by atoms with Crippen LogP contribution >= 0.6 is 0 Å². The number of anilines is 3. The Bertz CT molecular complexity index is 3160. The van der Waals surface area contributed by atoms with Crippen molar-refractivity contribution in [1.29, 1.82) is 0 Å². The van der Waals surface area contributed by atoms with Crippen LogP contribution < -0.4 is 4.90 Å². The van der Waals surface area contributed by atoms with E-state index >= 15 is 0 Å². The molecule has 11 rings (SSSR count). The second kappa shape index (κ2) is 12.3. The highest BCUT2D eigenvalue weighted by molar-refractivity contribution is 6.13. The average molecular weight is 718 g/mol. The minimum atomic E-state index is 0.137. The molecule has 9 aromatic carbocycles. The molecule has 0 atom stereocenters. The fraction of sp³-hybridized carbons (Fsp3) is 0.0741. The topological polar surface area (TPSA) is 16.4 Å². The van der Waals surface area contributed by atoms with E-state index in [9.17, 15) is 0 Å². The monoisotopic (exact) mass is 717 g/mol. The lowest BCUT2D eigenvalue weighted by Gasteiger charge is -2.28. The number of hydrogen-bond acceptors (Lipinski definition) is 2. The van der Waals surface area contributed by atoms with Crippen LogP contribution in [-0.2, 0) is 5.41 Å². The number of para-hydroxylation sites is 1. The van der Waals surface area contributed by atoms with Crippen LogP contribution in [0.3, 0.4) is 0 Å². The zero-order valence-electron chi connectivity index (χ0n) is 31.7. The Kier molecular flexibility index (Phi) is 7.15. The fourth-order valence-electron chi connectivity index (χ4n) is 8.65. The third-order valence-corrected chi connectivity index (χ3v) is 11.7. The Labute approximate surface area is 326 Å². The van der Waals surface area contributed by atoms with E-state index in [4.69, 9.17) is 4.42 Å². The van der Waals surface area contributed by atoms with Gasteiger partial charge in [0.1, 0.15) is 11.2 Å². The smallest absolute Gasteiger partial charge is 0.137 e. The van der Waals surface area contributed by atoms with Gasteiger partial charge in [-0.05, 0) is 150 Å². The van der Waals surface area contributed by atoms with Gasteiger partial charge in [-0.2, -0.15) is 0 Å². The molecule has 10 aromatic rings. The van der Waals surface area contributed by atoms with Crippen molar-refractivity contribution < 1.29 is 4.42 Å². The van der Waals surface area contributed by atoms with E-state index in [1.807, 2.05) is 12.1 Å². The Balaban J connectivity index is 1.01. The number of furan rings is 1.